The summed E-state index contributed by atoms with van der Waals surface area (Å²) in [4.78, 5) is 5.04. The second-order valence-electron chi connectivity index (χ2n) is 9.78. The minimum Gasteiger partial charge on any atom is -0.495 e. The number of aromatic nitrogens is 1. The zero-order valence-corrected chi connectivity index (χ0v) is 20.7. The maximum atomic E-state index is 13.9. The van der Waals surface area contributed by atoms with Crippen molar-refractivity contribution in [1.29, 1.82) is 0 Å². The number of hydrogen-bond donors (Lipinski definition) is 0. The van der Waals surface area contributed by atoms with Gasteiger partial charge in [0.05, 0.1) is 23.2 Å². The second-order valence-corrected chi connectivity index (χ2v) is 11.1. The van der Waals surface area contributed by atoms with Gasteiger partial charge < -0.3 is 9.64 Å². The van der Waals surface area contributed by atoms with Gasteiger partial charge in [-0.2, -0.15) is 0 Å². The lowest BCUT2D eigenvalue weighted by Gasteiger charge is -2.39. The summed E-state index contributed by atoms with van der Waals surface area (Å²) in [5, 5.41) is 0.188. The summed E-state index contributed by atoms with van der Waals surface area (Å²) in [7, 11) is -0.261. The third-order valence-corrected chi connectivity index (χ3v) is 7.26. The van der Waals surface area contributed by atoms with Crippen molar-refractivity contribution in [2.45, 2.75) is 32.1 Å². The largest absolute Gasteiger partial charge is 0.495 e. The Labute approximate surface area is 200 Å². The Balaban J connectivity index is 1.65. The molecule has 2 aromatic carbocycles. The fraction of sp³-hybridized carbons (Fsp3) is 0.440. The van der Waals surface area contributed by atoms with Gasteiger partial charge in [0.2, 0.25) is 0 Å². The number of alkyl halides is 2. The molecule has 5 nitrogen and oxygen atoms in total. The number of ether oxygens (including phenoxy) is 1. The summed E-state index contributed by atoms with van der Waals surface area (Å²) in [6.45, 7) is 11.0. The van der Waals surface area contributed by atoms with Gasteiger partial charge in [0, 0.05) is 49.9 Å². The highest BCUT2D eigenvalue weighted by molar-refractivity contribution is 7.83. The lowest BCUT2D eigenvalue weighted by Crippen LogP contribution is -2.48. The summed E-state index contributed by atoms with van der Waals surface area (Å²) in [5.74, 6) is 0.0786. The number of piperazine rings is 1. The number of fused-ring (bicyclic) bond motifs is 1. The van der Waals surface area contributed by atoms with Crippen molar-refractivity contribution in [2.24, 2.45) is 5.41 Å². The van der Waals surface area contributed by atoms with E-state index in [1.807, 2.05) is 0 Å². The van der Waals surface area contributed by atoms with E-state index >= 15 is 0 Å². The van der Waals surface area contributed by atoms with Crippen molar-refractivity contribution in [2.75, 3.05) is 44.7 Å². The molecule has 1 fully saturated rings. The van der Waals surface area contributed by atoms with Gasteiger partial charge in [0.15, 0.2) is 11.0 Å². The predicted molar refractivity (Wildman–Crippen MR) is 130 cm³/mol. The Morgan fingerprint density at radius 3 is 2.38 bits per heavy atom. The monoisotopic (exact) mass is 493 g/mol. The smallest absolute Gasteiger partial charge is 0.265 e. The van der Waals surface area contributed by atoms with Crippen LogP contribution in [0, 0.1) is 11.2 Å². The van der Waals surface area contributed by atoms with Crippen LogP contribution in [0.5, 0.6) is 5.75 Å². The minimum absolute atomic E-state index is 0.168. The number of rotatable bonds is 6. The van der Waals surface area contributed by atoms with Gasteiger partial charge in [-0.3, -0.25) is 8.87 Å². The maximum absolute atomic E-state index is 13.9. The van der Waals surface area contributed by atoms with Gasteiger partial charge in [-0.15, -0.1) is 0 Å². The molecule has 0 radical (unpaired) electrons. The van der Waals surface area contributed by atoms with Crippen molar-refractivity contribution < 1.29 is 22.1 Å². The van der Waals surface area contributed by atoms with Crippen LogP contribution in [0.3, 0.4) is 0 Å². The highest BCUT2D eigenvalue weighted by Gasteiger charge is 2.25. The van der Waals surface area contributed by atoms with Gasteiger partial charge >= 0.3 is 0 Å². The molecule has 4 rings (SSSR count). The molecular weight excluding hydrogens is 463 g/mol. The number of anilines is 1. The van der Waals surface area contributed by atoms with Crippen molar-refractivity contribution in [3.63, 3.8) is 0 Å². The van der Waals surface area contributed by atoms with Crippen LogP contribution in [0.25, 0.3) is 10.9 Å². The topological polar surface area (TPSA) is 37.7 Å². The molecule has 0 bridgehead atoms. The Bertz CT molecular complexity index is 1200. The number of halogens is 3. The molecule has 9 heteroatoms. The average Bonchev–Trinajstić information content (AvgIpc) is 3.16. The fourth-order valence-electron chi connectivity index (χ4n) is 4.46. The molecule has 1 saturated heterocycles. The molecule has 0 amide bonds. The van der Waals surface area contributed by atoms with Crippen LogP contribution in [-0.4, -0.2) is 52.9 Å². The van der Waals surface area contributed by atoms with Gasteiger partial charge in [0.1, 0.15) is 11.6 Å². The van der Waals surface area contributed by atoms with Crippen molar-refractivity contribution in [3.05, 3.63) is 54.0 Å². The van der Waals surface area contributed by atoms with E-state index < -0.39 is 23.2 Å². The van der Waals surface area contributed by atoms with Crippen LogP contribution in [0.1, 0.15) is 32.8 Å². The van der Waals surface area contributed by atoms with E-state index in [0.717, 1.165) is 56.7 Å². The number of hydrogen-bond acceptors (Lipinski definition) is 4. The van der Waals surface area contributed by atoms with Gasteiger partial charge in [0.25, 0.3) is 6.43 Å². The first-order valence-electron chi connectivity index (χ1n) is 11.2. The standard InChI is InChI=1S/C25H30F3N3O2S/c1-25(2,3)16-29-9-11-30(12-10-29)22-14-18(6-8-23(22)33-4)34(32)31-15-20(24(27)28)19-7-5-17(26)13-21(19)31/h5-8,13-15,24H,9-12,16H2,1-4H3. The molecule has 1 unspecified atom stereocenters. The Morgan fingerprint density at radius 1 is 1.06 bits per heavy atom. The van der Waals surface area contributed by atoms with E-state index in [0.29, 0.717) is 10.6 Å². The minimum atomic E-state index is -2.76. The molecule has 0 spiro atoms. The Morgan fingerprint density at radius 2 is 1.76 bits per heavy atom. The summed E-state index contributed by atoms with van der Waals surface area (Å²) in [5.41, 5.74) is 0.918. The normalized spacial score (nSPS) is 16.4. The van der Waals surface area contributed by atoms with Gasteiger partial charge in [-0.25, -0.2) is 17.4 Å². The van der Waals surface area contributed by atoms with Crippen molar-refractivity contribution in [3.8, 4) is 5.75 Å². The zero-order valence-electron chi connectivity index (χ0n) is 19.9. The lowest BCUT2D eigenvalue weighted by atomic mass is 9.96. The zero-order chi connectivity index (χ0) is 24.6. The van der Waals surface area contributed by atoms with E-state index in [1.54, 1.807) is 25.3 Å². The van der Waals surface area contributed by atoms with Crippen molar-refractivity contribution >= 4 is 27.6 Å². The molecule has 1 aliphatic rings. The SMILES string of the molecule is COc1ccc(S(=O)n2cc(C(F)F)c3ccc(F)cc32)cc1N1CCN(CC(C)(C)C)CC1. The third-order valence-electron chi connectivity index (χ3n) is 5.94. The number of benzene rings is 2. The average molecular weight is 494 g/mol. The van der Waals surface area contributed by atoms with Crippen LogP contribution in [0.15, 0.2) is 47.5 Å². The highest BCUT2D eigenvalue weighted by Crippen LogP contribution is 2.35. The number of nitrogens with zero attached hydrogens (tertiary/aromatic N) is 3. The van der Waals surface area contributed by atoms with E-state index in [1.165, 1.54) is 10.0 Å². The molecule has 34 heavy (non-hydrogen) atoms. The summed E-state index contributed by atoms with van der Waals surface area (Å²) in [6.07, 6.45) is -1.61. The van der Waals surface area contributed by atoms with Crippen molar-refractivity contribution in [1.82, 2.24) is 8.87 Å². The van der Waals surface area contributed by atoms with Crippen LogP contribution < -0.4 is 9.64 Å². The Kier molecular flexibility index (Phi) is 6.96. The third kappa shape index (κ3) is 5.10. The quantitative estimate of drug-likeness (QED) is 0.457. The lowest BCUT2D eigenvalue weighted by molar-refractivity contribution is 0.153. The van der Waals surface area contributed by atoms with Crippen LogP contribution in [-0.2, 0) is 11.0 Å². The molecule has 1 aromatic heterocycles. The molecule has 2 heterocycles. The van der Waals surface area contributed by atoms with Crippen LogP contribution in [0.4, 0.5) is 18.9 Å². The molecular formula is C25H30F3N3O2S. The predicted octanol–water partition coefficient (Wildman–Crippen LogP) is 5.47. The van der Waals surface area contributed by atoms with E-state index in [9.17, 15) is 17.4 Å². The highest BCUT2D eigenvalue weighted by atomic mass is 32.2. The molecule has 0 N–H and O–H groups in total. The molecule has 184 valence electrons. The Hall–Kier alpha value is -2.52. The molecule has 0 aliphatic carbocycles. The summed E-state index contributed by atoms with van der Waals surface area (Å²) >= 11 is 0. The first kappa shape index (κ1) is 24.6. The van der Waals surface area contributed by atoms with E-state index in [2.05, 4.69) is 30.6 Å². The van der Waals surface area contributed by atoms with Crippen LogP contribution >= 0.6 is 0 Å². The van der Waals surface area contributed by atoms with Gasteiger partial charge in [-0.05, 0) is 41.8 Å². The maximum Gasteiger partial charge on any atom is 0.265 e. The molecule has 1 aliphatic heterocycles. The van der Waals surface area contributed by atoms with Crippen LogP contribution in [0.2, 0.25) is 0 Å². The van der Waals surface area contributed by atoms with Gasteiger partial charge in [-0.1, -0.05) is 20.8 Å². The van der Waals surface area contributed by atoms with E-state index in [4.69, 9.17) is 4.74 Å². The summed E-state index contributed by atoms with van der Waals surface area (Å²) < 4.78 is 61.3. The molecule has 0 saturated carbocycles. The fourth-order valence-corrected chi connectivity index (χ4v) is 5.63. The first-order valence-corrected chi connectivity index (χ1v) is 12.3. The van der Waals surface area contributed by atoms with E-state index in [-0.39, 0.29) is 21.9 Å². The summed E-state index contributed by atoms with van der Waals surface area (Å²) in [6, 6.07) is 8.74. The molecule has 1 atom stereocenters. The first-order chi connectivity index (χ1) is 16.1. The number of methoxy groups -OCH3 is 1. The molecule has 3 aromatic rings. The second kappa shape index (κ2) is 9.62.